The molecule has 2 aromatic carbocycles. The number of ether oxygens (including phenoxy) is 2. The number of nitrogens with one attached hydrogen (secondary N) is 2. The van der Waals surface area contributed by atoms with Crippen molar-refractivity contribution in [2.45, 2.75) is 45.5 Å². The molecule has 2 atom stereocenters. The second-order valence-electron chi connectivity index (χ2n) is 9.72. The molecule has 0 unspecified atom stereocenters. The monoisotopic (exact) mass is 500 g/mol. The Balaban J connectivity index is 1.41. The van der Waals surface area contributed by atoms with E-state index < -0.39 is 0 Å². The summed E-state index contributed by atoms with van der Waals surface area (Å²) in [4.78, 5) is 32.6. The molecule has 1 fully saturated rings. The first-order chi connectivity index (χ1) is 17.9. The van der Waals surface area contributed by atoms with Crippen molar-refractivity contribution in [3.8, 4) is 11.5 Å². The maximum absolute atomic E-state index is 13.4. The third-order valence-corrected chi connectivity index (χ3v) is 6.79. The van der Waals surface area contributed by atoms with E-state index in [-0.39, 0.29) is 30.6 Å². The fourth-order valence-corrected chi connectivity index (χ4v) is 4.74. The number of benzene rings is 2. The second kappa shape index (κ2) is 11.0. The molecule has 4 bridgehead atoms. The summed E-state index contributed by atoms with van der Waals surface area (Å²) in [6.07, 6.45) is 0.574. The van der Waals surface area contributed by atoms with E-state index in [1.165, 1.54) is 0 Å². The van der Waals surface area contributed by atoms with E-state index in [0.717, 1.165) is 41.2 Å². The zero-order valence-corrected chi connectivity index (χ0v) is 21.2. The normalized spacial score (nSPS) is 20.6. The predicted molar refractivity (Wildman–Crippen MR) is 140 cm³/mol. The third kappa shape index (κ3) is 6.27. The Hall–Kier alpha value is -3.91. The molecule has 2 N–H and O–H groups in total. The average Bonchev–Trinajstić information content (AvgIpc) is 2.89. The largest absolute Gasteiger partial charge is 0.488 e. The topological polar surface area (TPSA) is 92.8 Å². The average molecular weight is 501 g/mol. The summed E-state index contributed by atoms with van der Waals surface area (Å²) in [5.41, 5.74) is 4.29. The highest BCUT2D eigenvalue weighted by molar-refractivity contribution is 5.95. The van der Waals surface area contributed by atoms with Crippen molar-refractivity contribution < 1.29 is 19.1 Å². The number of rotatable bonds is 2. The number of piperidine rings is 1. The van der Waals surface area contributed by atoms with Crippen molar-refractivity contribution in [2.75, 3.05) is 19.7 Å². The van der Waals surface area contributed by atoms with Crippen LogP contribution in [0.4, 0.5) is 0 Å². The smallest absolute Gasteiger partial charge is 0.258 e. The van der Waals surface area contributed by atoms with Crippen LogP contribution in [0.25, 0.3) is 0 Å². The van der Waals surface area contributed by atoms with Gasteiger partial charge in [-0.1, -0.05) is 24.3 Å². The molecule has 3 aromatic rings. The van der Waals surface area contributed by atoms with Gasteiger partial charge >= 0.3 is 0 Å². The molecule has 0 saturated carbocycles. The Morgan fingerprint density at radius 2 is 1.89 bits per heavy atom. The van der Waals surface area contributed by atoms with Crippen LogP contribution >= 0.6 is 0 Å². The van der Waals surface area contributed by atoms with Crippen LogP contribution in [-0.2, 0) is 17.9 Å². The summed E-state index contributed by atoms with van der Waals surface area (Å²) < 4.78 is 12.1. The van der Waals surface area contributed by atoms with Crippen molar-refractivity contribution in [2.24, 2.45) is 0 Å². The fraction of sp³-hybridized carbons (Fsp3) is 0.345. The van der Waals surface area contributed by atoms with Crippen LogP contribution in [0.5, 0.6) is 11.5 Å². The van der Waals surface area contributed by atoms with Crippen LogP contribution < -0.4 is 20.1 Å². The lowest BCUT2D eigenvalue weighted by molar-refractivity contribution is -0.123. The lowest BCUT2D eigenvalue weighted by Crippen LogP contribution is -2.56. The molecule has 192 valence electrons. The molecular formula is C29H32N4O4. The van der Waals surface area contributed by atoms with Gasteiger partial charge in [-0.25, -0.2) is 0 Å². The highest BCUT2D eigenvalue weighted by atomic mass is 16.5. The Kier molecular flexibility index (Phi) is 7.37. The first kappa shape index (κ1) is 24.8. The van der Waals surface area contributed by atoms with E-state index in [4.69, 9.17) is 9.47 Å². The van der Waals surface area contributed by atoms with Gasteiger partial charge in [0, 0.05) is 37.4 Å². The fourth-order valence-electron chi connectivity index (χ4n) is 4.74. The number of likely N-dealkylation sites (tertiary alicyclic amines) is 1. The van der Waals surface area contributed by atoms with Crippen molar-refractivity contribution in [1.29, 1.82) is 0 Å². The van der Waals surface area contributed by atoms with Crippen LogP contribution in [0.1, 0.15) is 39.3 Å². The number of pyridine rings is 1. The van der Waals surface area contributed by atoms with Gasteiger partial charge in [0.1, 0.15) is 17.6 Å². The van der Waals surface area contributed by atoms with E-state index in [9.17, 15) is 9.59 Å². The van der Waals surface area contributed by atoms with Crippen molar-refractivity contribution in [1.82, 2.24) is 20.5 Å². The molecule has 37 heavy (non-hydrogen) atoms. The molecular weight excluding hydrogens is 468 g/mol. The Labute approximate surface area is 217 Å². The Morgan fingerprint density at radius 3 is 2.70 bits per heavy atom. The molecule has 0 spiro atoms. The van der Waals surface area contributed by atoms with Crippen LogP contribution in [0.2, 0.25) is 0 Å². The minimum Gasteiger partial charge on any atom is -0.488 e. The Morgan fingerprint density at radius 1 is 1.05 bits per heavy atom. The summed E-state index contributed by atoms with van der Waals surface area (Å²) in [6.45, 7) is 6.33. The van der Waals surface area contributed by atoms with Crippen LogP contribution in [0.3, 0.4) is 0 Å². The lowest BCUT2D eigenvalue weighted by atomic mass is 10.0. The number of carbonyl (C=O) groups is 2. The summed E-state index contributed by atoms with van der Waals surface area (Å²) in [5.74, 6) is 0.814. The van der Waals surface area contributed by atoms with E-state index in [0.29, 0.717) is 30.9 Å². The molecule has 1 aromatic heterocycles. The molecule has 8 heteroatoms. The molecule has 8 nitrogen and oxygen atoms in total. The van der Waals surface area contributed by atoms with Crippen molar-refractivity contribution in [3.05, 3.63) is 88.7 Å². The minimum absolute atomic E-state index is 0.125. The van der Waals surface area contributed by atoms with Crippen LogP contribution in [-0.4, -0.2) is 53.5 Å². The highest BCUT2D eigenvalue weighted by Crippen LogP contribution is 2.23. The summed E-state index contributed by atoms with van der Waals surface area (Å²) in [5, 5.41) is 6.08. The summed E-state index contributed by atoms with van der Waals surface area (Å²) >= 11 is 0. The van der Waals surface area contributed by atoms with Gasteiger partial charge in [-0.05, 0) is 67.8 Å². The predicted octanol–water partition coefficient (Wildman–Crippen LogP) is 3.16. The second-order valence-corrected chi connectivity index (χ2v) is 9.72. The number of nitrogens with zero attached hydrogens (tertiary/aromatic N) is 2. The van der Waals surface area contributed by atoms with Gasteiger partial charge in [-0.3, -0.25) is 19.5 Å². The summed E-state index contributed by atoms with van der Waals surface area (Å²) in [6, 6.07) is 18.8. The Bertz CT molecular complexity index is 1280. The molecule has 3 aliphatic rings. The van der Waals surface area contributed by atoms with E-state index in [1.54, 1.807) is 12.1 Å². The van der Waals surface area contributed by atoms with E-state index in [2.05, 4.69) is 20.5 Å². The quantitative estimate of drug-likeness (QED) is 0.562. The zero-order valence-electron chi connectivity index (χ0n) is 21.2. The molecule has 0 radical (unpaired) electrons. The maximum atomic E-state index is 13.4. The zero-order chi connectivity index (χ0) is 25.8. The molecule has 1 saturated heterocycles. The third-order valence-electron chi connectivity index (χ3n) is 6.79. The minimum atomic E-state index is -0.229. The van der Waals surface area contributed by atoms with Gasteiger partial charge in [0.15, 0.2) is 6.61 Å². The van der Waals surface area contributed by atoms with Crippen LogP contribution in [0.15, 0.2) is 60.7 Å². The van der Waals surface area contributed by atoms with E-state index >= 15 is 0 Å². The number of amides is 2. The number of hydrogen-bond acceptors (Lipinski definition) is 6. The molecule has 4 heterocycles. The first-order valence-corrected chi connectivity index (χ1v) is 12.6. The van der Waals surface area contributed by atoms with Crippen molar-refractivity contribution in [3.63, 3.8) is 0 Å². The summed E-state index contributed by atoms with van der Waals surface area (Å²) in [7, 11) is 0. The number of fused-ring (bicyclic) bond motifs is 7. The number of carbonyl (C=O) groups excluding carboxylic acids is 2. The number of aryl methyl sites for hydroxylation is 2. The SMILES string of the molecule is Cc1cccc(CN2CC[C@@H]3Oc4ccc(cc4)CNC(=O)COc4cc(ccc4C)C(=O)N[C@H]3C2)n1. The van der Waals surface area contributed by atoms with Crippen molar-refractivity contribution >= 4 is 11.8 Å². The van der Waals surface area contributed by atoms with Gasteiger partial charge in [0.2, 0.25) is 0 Å². The molecule has 6 rings (SSSR count). The number of hydrogen-bond donors (Lipinski definition) is 2. The molecule has 3 aliphatic heterocycles. The van der Waals surface area contributed by atoms with Gasteiger partial charge < -0.3 is 20.1 Å². The molecule has 2 amide bonds. The van der Waals surface area contributed by atoms with Crippen LogP contribution in [0, 0.1) is 13.8 Å². The lowest BCUT2D eigenvalue weighted by Gasteiger charge is -2.38. The van der Waals surface area contributed by atoms with Gasteiger partial charge in [-0.2, -0.15) is 0 Å². The van der Waals surface area contributed by atoms with Gasteiger partial charge in [0.25, 0.3) is 11.8 Å². The number of aromatic nitrogens is 1. The molecule has 0 aliphatic carbocycles. The maximum Gasteiger partial charge on any atom is 0.258 e. The van der Waals surface area contributed by atoms with Gasteiger partial charge in [-0.15, -0.1) is 0 Å². The van der Waals surface area contributed by atoms with Gasteiger partial charge in [0.05, 0.1) is 11.7 Å². The standard InChI is InChI=1S/C29H32N4O4/c1-19-6-9-22-14-27(19)36-18-28(34)30-15-21-7-10-24(11-8-21)37-26-12-13-33(17-25(26)32-29(22)35)16-23-5-3-4-20(2)31-23/h3-11,14,25-26H,12-13,15-18H2,1-2H3,(H,30,34)(H,32,35)/t25-,26-/m0/s1. The van der Waals surface area contributed by atoms with E-state index in [1.807, 2.05) is 62.4 Å². The highest BCUT2D eigenvalue weighted by Gasteiger charge is 2.32. The first-order valence-electron chi connectivity index (χ1n) is 12.6.